The predicted octanol–water partition coefficient (Wildman–Crippen LogP) is 20.4. The van der Waals surface area contributed by atoms with Gasteiger partial charge in [-0.25, -0.2) is 0 Å². The van der Waals surface area contributed by atoms with E-state index in [1.165, 1.54) is 38.5 Å². The molecule has 5 rings (SSSR count). The molecule has 15 nitrogen and oxygen atoms in total. The Kier molecular flexibility index (Phi) is 39.8. The molecular formula is C85H145N15. The lowest BCUT2D eigenvalue weighted by atomic mass is 9.91. The fraction of sp³-hybridized carbons (Fsp3) is 0.765. The van der Waals surface area contributed by atoms with Crippen molar-refractivity contribution < 1.29 is 0 Å². The highest BCUT2D eigenvalue weighted by molar-refractivity contribution is 5.10. The molecule has 5 heterocycles. The van der Waals surface area contributed by atoms with Gasteiger partial charge in [0.25, 0.3) is 0 Å². The van der Waals surface area contributed by atoms with Crippen molar-refractivity contribution in [2.75, 3.05) is 0 Å². The van der Waals surface area contributed by atoms with Crippen molar-refractivity contribution in [3.05, 3.63) is 59.5 Å². The van der Waals surface area contributed by atoms with Crippen LogP contribution < -0.4 is 0 Å². The molecule has 0 unspecified atom stereocenters. The molecule has 0 aliphatic carbocycles. The van der Waals surface area contributed by atoms with Crippen molar-refractivity contribution in [1.82, 2.24) is 75.0 Å². The summed E-state index contributed by atoms with van der Waals surface area (Å²) in [6.07, 6.45) is 31.6. The van der Waals surface area contributed by atoms with E-state index < -0.39 is 0 Å². The first-order valence-electron chi connectivity index (χ1n) is 37.7. The van der Waals surface area contributed by atoms with Crippen LogP contribution in [0.15, 0.2) is 31.0 Å². The highest BCUT2D eigenvalue weighted by Gasteiger charge is 2.19. The largest absolute Gasteiger partial charge is 0.252 e. The fourth-order valence-electron chi connectivity index (χ4n) is 9.49. The van der Waals surface area contributed by atoms with Crippen molar-refractivity contribution in [2.45, 2.75) is 369 Å². The van der Waals surface area contributed by atoms with Crippen LogP contribution >= 0.6 is 0 Å². The van der Waals surface area contributed by atoms with Gasteiger partial charge < -0.3 is 0 Å². The van der Waals surface area contributed by atoms with Gasteiger partial charge in [-0.1, -0.05) is 179 Å². The smallest absolute Gasteiger partial charge is 0.0832 e. The molecule has 0 saturated carbocycles. The van der Waals surface area contributed by atoms with E-state index in [1.807, 2.05) is 29.6 Å². The van der Waals surface area contributed by atoms with Gasteiger partial charge in [-0.15, -0.1) is 55.1 Å². The van der Waals surface area contributed by atoms with Crippen molar-refractivity contribution in [2.24, 2.45) is 54.1 Å². The first-order valence-corrected chi connectivity index (χ1v) is 37.7. The Morgan fingerprint density at radius 3 is 0.640 bits per heavy atom. The Labute approximate surface area is 613 Å². The SMILES string of the molecule is CC(C)(C)C#CCCCCCCn1cc(CC(C)(C)C)nn1.CC(C)(C)C#CCCCCCn1cc(CC(C)(C)C)nn1.CC(C)(C)C#CCCCCn1cc(CC(C)(C)C)nn1.CC(C)(C)C#CCCCn1cc(CC(C)(C)C)nn1.CC(C)(C)C#CCCn1cc(CC(C)(C)C)nn1. The van der Waals surface area contributed by atoms with E-state index in [9.17, 15) is 0 Å². The van der Waals surface area contributed by atoms with Gasteiger partial charge in [0.1, 0.15) is 0 Å². The minimum Gasteiger partial charge on any atom is -0.252 e. The van der Waals surface area contributed by atoms with Gasteiger partial charge in [0.15, 0.2) is 0 Å². The lowest BCUT2D eigenvalue weighted by Crippen LogP contribution is -2.09. The first-order chi connectivity index (χ1) is 45.8. The zero-order chi connectivity index (χ0) is 76.1. The number of hydrogen-bond donors (Lipinski definition) is 0. The van der Waals surface area contributed by atoms with E-state index in [2.05, 4.69) is 343 Å². The molecule has 0 saturated heterocycles. The maximum absolute atomic E-state index is 4.26. The van der Waals surface area contributed by atoms with E-state index in [4.69, 9.17) is 0 Å². The predicted molar refractivity (Wildman–Crippen MR) is 421 cm³/mol. The topological polar surface area (TPSA) is 154 Å². The third-order valence-corrected chi connectivity index (χ3v) is 13.5. The maximum atomic E-state index is 4.26. The van der Waals surface area contributed by atoms with E-state index in [-0.39, 0.29) is 54.1 Å². The molecule has 0 N–H and O–H groups in total. The Morgan fingerprint density at radius 2 is 0.400 bits per heavy atom. The number of unbranched alkanes of at least 4 members (excludes halogenated alkanes) is 10. The van der Waals surface area contributed by atoms with E-state index >= 15 is 0 Å². The second kappa shape index (κ2) is 43.5. The molecular weight excluding hydrogens is 1230 g/mol. The molecule has 100 heavy (non-hydrogen) atoms. The van der Waals surface area contributed by atoms with Crippen LogP contribution in [0.4, 0.5) is 0 Å². The Morgan fingerprint density at radius 1 is 0.220 bits per heavy atom. The van der Waals surface area contributed by atoms with Crippen molar-refractivity contribution in [3.8, 4) is 59.2 Å². The van der Waals surface area contributed by atoms with Crippen LogP contribution in [0.3, 0.4) is 0 Å². The molecule has 0 atom stereocenters. The third kappa shape index (κ3) is 58.2. The Hall–Kier alpha value is -6.50. The minimum atomic E-state index is 0.0831. The third-order valence-electron chi connectivity index (χ3n) is 13.5. The van der Waals surface area contributed by atoms with Gasteiger partial charge in [-0.05, 0) is 208 Å². The highest BCUT2D eigenvalue weighted by Crippen LogP contribution is 2.24. The molecule has 0 aromatic carbocycles. The van der Waals surface area contributed by atoms with Gasteiger partial charge in [0.2, 0.25) is 0 Å². The zero-order valence-corrected chi connectivity index (χ0v) is 69.8. The highest BCUT2D eigenvalue weighted by atomic mass is 15.4. The van der Waals surface area contributed by atoms with E-state index in [0.717, 1.165) is 151 Å². The number of aromatic nitrogens is 15. The van der Waals surface area contributed by atoms with Crippen LogP contribution in [0.5, 0.6) is 0 Å². The van der Waals surface area contributed by atoms with Gasteiger partial charge in [-0.2, -0.15) is 0 Å². The molecule has 0 spiro atoms. The number of rotatable bonds is 25. The normalized spacial score (nSPS) is 12.1. The van der Waals surface area contributed by atoms with Gasteiger partial charge >= 0.3 is 0 Å². The number of hydrogen-bond acceptors (Lipinski definition) is 10. The van der Waals surface area contributed by atoms with Crippen LogP contribution in [-0.4, -0.2) is 75.0 Å². The van der Waals surface area contributed by atoms with Crippen molar-refractivity contribution in [3.63, 3.8) is 0 Å². The lowest BCUT2D eigenvalue weighted by Gasteiger charge is -2.15. The Bertz CT molecular complexity index is 3350. The molecule has 15 heteroatoms. The summed E-state index contributed by atoms with van der Waals surface area (Å²) in [4.78, 5) is 0. The van der Waals surface area contributed by atoms with Crippen LogP contribution in [0.25, 0.3) is 0 Å². The van der Waals surface area contributed by atoms with Crippen molar-refractivity contribution in [1.29, 1.82) is 0 Å². The van der Waals surface area contributed by atoms with Gasteiger partial charge in [0.05, 0.1) is 35.0 Å². The molecule has 0 radical (unpaired) electrons. The molecule has 0 amide bonds. The van der Waals surface area contributed by atoms with Gasteiger partial charge in [0, 0.05) is 116 Å². The fourth-order valence-corrected chi connectivity index (χ4v) is 9.49. The average molecular weight is 1380 g/mol. The summed E-state index contributed by atoms with van der Waals surface area (Å²) in [5, 5.41) is 42.1. The molecule has 5 aromatic heterocycles. The van der Waals surface area contributed by atoms with Gasteiger partial charge in [-0.3, -0.25) is 23.4 Å². The zero-order valence-electron chi connectivity index (χ0n) is 69.8. The average Bonchev–Trinajstić information content (AvgIpc) is 1.78. The summed E-state index contributed by atoms with van der Waals surface area (Å²) in [7, 11) is 0. The Balaban J connectivity index is 0.000000626. The molecule has 0 aliphatic heterocycles. The van der Waals surface area contributed by atoms with Crippen LogP contribution in [-0.2, 0) is 64.8 Å². The number of nitrogens with zero attached hydrogens (tertiary/aromatic N) is 15. The van der Waals surface area contributed by atoms with Crippen molar-refractivity contribution >= 4 is 0 Å². The summed E-state index contributed by atoms with van der Waals surface area (Å²) < 4.78 is 9.74. The molecule has 560 valence electrons. The summed E-state index contributed by atoms with van der Waals surface area (Å²) >= 11 is 0. The summed E-state index contributed by atoms with van der Waals surface area (Å²) in [5.41, 5.74) is 7.33. The van der Waals surface area contributed by atoms with E-state index in [1.54, 1.807) is 0 Å². The van der Waals surface area contributed by atoms with Crippen LogP contribution in [0.2, 0.25) is 0 Å². The summed E-state index contributed by atoms with van der Waals surface area (Å²) in [6, 6.07) is 0. The monoisotopic (exact) mass is 1380 g/mol. The maximum Gasteiger partial charge on any atom is 0.0832 e. The quantitative estimate of drug-likeness (QED) is 0.0407. The minimum absolute atomic E-state index is 0.0831. The lowest BCUT2D eigenvalue weighted by molar-refractivity contribution is 0.405. The first kappa shape index (κ1) is 91.5. The second-order valence-electron chi connectivity index (χ2n) is 38.6. The summed E-state index contributed by atoms with van der Waals surface area (Å²) in [5.74, 6) is 32.5. The number of aryl methyl sites for hydroxylation is 5. The molecule has 0 fully saturated rings. The molecule has 0 bridgehead atoms. The molecule has 0 aliphatic rings. The second-order valence-corrected chi connectivity index (χ2v) is 38.6. The molecule has 5 aromatic rings. The standard InChI is InChI=1S/C19H33N3.C18H31N3.C17H29N3.C16H27N3.C15H25N3/c1-18(2,3)13-11-9-7-8-10-12-14-22-16-17(20-21-22)15-19(4,5)6;1-17(2,3)12-10-8-7-9-11-13-21-15-16(19-20-21)14-18(4,5)6;1-16(2,3)11-9-7-8-10-12-20-14-15(18-19-20)13-17(4,5)6;1-15(2,3)10-8-7-9-11-19-13-14(17-18-19)12-16(4,5)6;1-14(2,3)9-7-8-10-18-12-13(16-17-18)11-15(4,5)6/h16H,7-10,12,14-15H2,1-6H3;15H,7-9,11,13-14H2,1-6H3;14H,7-8,10,12-13H2,1-6H3;13H,7,9,11-12H2,1-6H3;12H,8,10-11H2,1-6H3. The van der Waals surface area contributed by atoms with E-state index in [0.29, 0.717) is 0 Å². The van der Waals surface area contributed by atoms with Crippen LogP contribution in [0.1, 0.15) is 332 Å². The van der Waals surface area contributed by atoms with Crippen LogP contribution in [0, 0.1) is 113 Å². The summed E-state index contributed by atoms with van der Waals surface area (Å²) in [6.45, 7) is 70.1.